The number of aryl methyl sites for hydroxylation is 4. The van der Waals surface area contributed by atoms with E-state index in [1.807, 2.05) is 7.05 Å². The largest absolute Gasteiger partial charge is 0.337 e. The summed E-state index contributed by atoms with van der Waals surface area (Å²) < 4.78 is 2.13. The van der Waals surface area contributed by atoms with Gasteiger partial charge in [0.1, 0.15) is 5.82 Å². The lowest BCUT2D eigenvalue weighted by Gasteiger charge is -2.07. The van der Waals surface area contributed by atoms with Crippen molar-refractivity contribution in [3.8, 4) is 11.3 Å². The molecular weight excluding hydrogens is 234 g/mol. The van der Waals surface area contributed by atoms with Gasteiger partial charge in [-0.05, 0) is 50.6 Å². The topological polar surface area (TPSA) is 29.9 Å². The van der Waals surface area contributed by atoms with E-state index in [0.29, 0.717) is 0 Å². The first kappa shape index (κ1) is 13.8. The fourth-order valence-electron chi connectivity index (χ4n) is 2.34. The number of aromatic nitrogens is 2. The summed E-state index contributed by atoms with van der Waals surface area (Å²) >= 11 is 0. The van der Waals surface area contributed by atoms with Crippen LogP contribution in [0.2, 0.25) is 0 Å². The number of benzene rings is 1. The number of imidazole rings is 1. The fourth-order valence-corrected chi connectivity index (χ4v) is 2.34. The van der Waals surface area contributed by atoms with Crippen LogP contribution in [0.1, 0.15) is 22.5 Å². The first-order chi connectivity index (χ1) is 9.02. The molecule has 0 unspecified atom stereocenters. The maximum absolute atomic E-state index is 4.77. The average molecular weight is 257 g/mol. The Labute approximate surface area is 115 Å². The summed E-state index contributed by atoms with van der Waals surface area (Å²) in [7, 11) is 4.04. The summed E-state index contributed by atoms with van der Waals surface area (Å²) in [5.41, 5.74) is 6.28. The number of rotatable bonds is 4. The molecule has 0 fully saturated rings. The number of nitrogens with one attached hydrogen (secondary N) is 1. The van der Waals surface area contributed by atoms with E-state index in [4.69, 9.17) is 4.98 Å². The normalized spacial score (nSPS) is 11.0. The van der Waals surface area contributed by atoms with E-state index >= 15 is 0 Å². The molecule has 0 saturated carbocycles. The van der Waals surface area contributed by atoms with Crippen LogP contribution in [0.25, 0.3) is 11.3 Å². The Bertz CT molecular complexity index is 582. The third-order valence-electron chi connectivity index (χ3n) is 3.69. The van der Waals surface area contributed by atoms with Crippen molar-refractivity contribution in [1.82, 2.24) is 14.9 Å². The number of likely N-dealkylation sites (N-methyl/N-ethyl adjacent to an activating group) is 1. The van der Waals surface area contributed by atoms with Crippen LogP contribution in [-0.2, 0) is 13.5 Å². The highest BCUT2D eigenvalue weighted by atomic mass is 15.0. The molecule has 2 aromatic rings. The molecule has 0 aliphatic rings. The Morgan fingerprint density at radius 3 is 2.47 bits per heavy atom. The standard InChI is InChI=1S/C16H23N3/c1-11-8-13(3)14(9-12(11)2)15-10-19(5)16(18-15)6-7-17-4/h8-10,17H,6-7H2,1-5H3. The Morgan fingerprint density at radius 1 is 1.11 bits per heavy atom. The molecule has 0 atom stereocenters. The molecule has 1 aromatic carbocycles. The minimum Gasteiger partial charge on any atom is -0.337 e. The SMILES string of the molecule is CNCCc1nc(-c2cc(C)c(C)cc2C)cn1C. The minimum atomic E-state index is 0.955. The molecule has 0 saturated heterocycles. The van der Waals surface area contributed by atoms with Crippen LogP contribution < -0.4 is 5.32 Å². The van der Waals surface area contributed by atoms with E-state index < -0.39 is 0 Å². The summed E-state index contributed by atoms with van der Waals surface area (Å²) in [6, 6.07) is 4.49. The third kappa shape index (κ3) is 2.87. The second-order valence-corrected chi connectivity index (χ2v) is 5.26. The van der Waals surface area contributed by atoms with E-state index in [2.05, 4.69) is 56.0 Å². The first-order valence-electron chi connectivity index (χ1n) is 6.78. The van der Waals surface area contributed by atoms with Crippen LogP contribution >= 0.6 is 0 Å². The van der Waals surface area contributed by atoms with Crippen molar-refractivity contribution in [1.29, 1.82) is 0 Å². The number of nitrogens with zero attached hydrogens (tertiary/aromatic N) is 2. The zero-order valence-electron chi connectivity index (χ0n) is 12.5. The van der Waals surface area contributed by atoms with Gasteiger partial charge in [0.05, 0.1) is 5.69 Å². The lowest BCUT2D eigenvalue weighted by molar-refractivity contribution is 0.718. The molecule has 0 aliphatic heterocycles. The van der Waals surface area contributed by atoms with Crippen molar-refractivity contribution in [3.05, 3.63) is 40.8 Å². The molecule has 1 N–H and O–H groups in total. The van der Waals surface area contributed by atoms with Crippen molar-refractivity contribution >= 4 is 0 Å². The maximum atomic E-state index is 4.77. The molecule has 1 heterocycles. The Morgan fingerprint density at radius 2 is 1.79 bits per heavy atom. The zero-order valence-corrected chi connectivity index (χ0v) is 12.5. The summed E-state index contributed by atoms with van der Waals surface area (Å²) in [5.74, 6) is 1.13. The van der Waals surface area contributed by atoms with Gasteiger partial charge in [0, 0.05) is 31.8 Å². The first-order valence-corrected chi connectivity index (χ1v) is 6.78. The van der Waals surface area contributed by atoms with Gasteiger partial charge in [0.25, 0.3) is 0 Å². The monoisotopic (exact) mass is 257 g/mol. The van der Waals surface area contributed by atoms with E-state index in [0.717, 1.165) is 24.5 Å². The van der Waals surface area contributed by atoms with E-state index in [1.54, 1.807) is 0 Å². The molecule has 3 heteroatoms. The molecule has 19 heavy (non-hydrogen) atoms. The molecule has 0 bridgehead atoms. The van der Waals surface area contributed by atoms with Crippen molar-refractivity contribution < 1.29 is 0 Å². The van der Waals surface area contributed by atoms with E-state index in [1.165, 1.54) is 22.3 Å². The van der Waals surface area contributed by atoms with Crippen LogP contribution in [0, 0.1) is 20.8 Å². The smallest absolute Gasteiger partial charge is 0.110 e. The summed E-state index contributed by atoms with van der Waals surface area (Å²) in [6.45, 7) is 7.42. The molecule has 0 amide bonds. The second kappa shape index (κ2) is 5.57. The number of hydrogen-bond acceptors (Lipinski definition) is 2. The highest BCUT2D eigenvalue weighted by Gasteiger charge is 2.10. The van der Waals surface area contributed by atoms with Crippen LogP contribution in [-0.4, -0.2) is 23.1 Å². The van der Waals surface area contributed by atoms with Gasteiger partial charge in [0.2, 0.25) is 0 Å². The van der Waals surface area contributed by atoms with Gasteiger partial charge in [-0.15, -0.1) is 0 Å². The van der Waals surface area contributed by atoms with Gasteiger partial charge in [-0.25, -0.2) is 4.98 Å². The molecule has 3 nitrogen and oxygen atoms in total. The molecule has 2 rings (SSSR count). The highest BCUT2D eigenvalue weighted by molar-refractivity contribution is 5.65. The third-order valence-corrected chi connectivity index (χ3v) is 3.69. The van der Waals surface area contributed by atoms with Crippen molar-refractivity contribution in [2.24, 2.45) is 7.05 Å². The van der Waals surface area contributed by atoms with Gasteiger partial charge >= 0.3 is 0 Å². The van der Waals surface area contributed by atoms with Crippen LogP contribution in [0.5, 0.6) is 0 Å². The minimum absolute atomic E-state index is 0.955. The zero-order chi connectivity index (χ0) is 14.0. The van der Waals surface area contributed by atoms with E-state index in [-0.39, 0.29) is 0 Å². The van der Waals surface area contributed by atoms with Gasteiger partial charge in [-0.2, -0.15) is 0 Å². The summed E-state index contributed by atoms with van der Waals surface area (Å²) in [5, 5.41) is 3.17. The van der Waals surface area contributed by atoms with Crippen molar-refractivity contribution in [2.75, 3.05) is 13.6 Å². The van der Waals surface area contributed by atoms with Crippen molar-refractivity contribution in [3.63, 3.8) is 0 Å². The van der Waals surface area contributed by atoms with Crippen LogP contribution in [0.3, 0.4) is 0 Å². The fraction of sp³-hybridized carbons (Fsp3) is 0.438. The highest BCUT2D eigenvalue weighted by Crippen LogP contribution is 2.25. The molecule has 0 aliphatic carbocycles. The Balaban J connectivity index is 2.39. The lowest BCUT2D eigenvalue weighted by atomic mass is 9.99. The van der Waals surface area contributed by atoms with Crippen LogP contribution in [0.15, 0.2) is 18.3 Å². The second-order valence-electron chi connectivity index (χ2n) is 5.26. The summed E-state index contributed by atoms with van der Waals surface area (Å²) in [6.07, 6.45) is 3.08. The molecule has 102 valence electrons. The predicted octanol–water partition coefficient (Wildman–Crippen LogP) is 2.77. The van der Waals surface area contributed by atoms with Crippen molar-refractivity contribution in [2.45, 2.75) is 27.2 Å². The molecule has 0 spiro atoms. The Kier molecular flexibility index (Phi) is 4.05. The molecular formula is C16H23N3. The van der Waals surface area contributed by atoms with E-state index in [9.17, 15) is 0 Å². The Hall–Kier alpha value is -1.61. The van der Waals surface area contributed by atoms with Crippen LogP contribution in [0.4, 0.5) is 0 Å². The summed E-state index contributed by atoms with van der Waals surface area (Å²) in [4.78, 5) is 4.77. The quantitative estimate of drug-likeness (QED) is 0.912. The average Bonchev–Trinajstić information content (AvgIpc) is 2.72. The predicted molar refractivity (Wildman–Crippen MR) is 80.5 cm³/mol. The molecule has 1 aromatic heterocycles. The maximum Gasteiger partial charge on any atom is 0.110 e. The van der Waals surface area contributed by atoms with Gasteiger partial charge in [-0.1, -0.05) is 6.07 Å². The van der Waals surface area contributed by atoms with Gasteiger partial charge in [-0.3, -0.25) is 0 Å². The van der Waals surface area contributed by atoms with Gasteiger partial charge < -0.3 is 9.88 Å². The number of hydrogen-bond donors (Lipinski definition) is 1. The van der Waals surface area contributed by atoms with Gasteiger partial charge in [0.15, 0.2) is 0 Å². The molecule has 0 radical (unpaired) electrons. The lowest BCUT2D eigenvalue weighted by Crippen LogP contribution is -2.12.